The number of esters is 1. The van der Waals surface area contributed by atoms with Crippen molar-refractivity contribution in [3.8, 4) is 0 Å². The van der Waals surface area contributed by atoms with Crippen LogP contribution in [0.1, 0.15) is 57.9 Å². The number of rotatable bonds is 3. The standard InChI is InChI=1S/C25H33NO9/c1-12(2)22(31)17(34-16(28)14-7-6-10-26-14)23(32)18(4)11-21(30)19(22,5)25(23,33)24(35-21)15(27)13(3)8-9-20(18,24)29/h6-8,10,12,15,17,26-27,29-33H,9,11H2,1-5H3/t15-,17+,18-,19-,20-,21-,22+,23+,24+,25+/m0/s1. The lowest BCUT2D eigenvalue weighted by molar-refractivity contribution is -0.379. The third kappa shape index (κ3) is 1.71. The lowest BCUT2D eigenvalue weighted by Crippen LogP contribution is -2.74. The maximum absolute atomic E-state index is 13.2. The first kappa shape index (κ1) is 23.6. The molecule has 7 rings (SSSR count). The zero-order valence-electron chi connectivity index (χ0n) is 20.4. The highest BCUT2D eigenvalue weighted by molar-refractivity contribution is 5.87. The van der Waals surface area contributed by atoms with E-state index in [2.05, 4.69) is 4.98 Å². The van der Waals surface area contributed by atoms with Gasteiger partial charge < -0.3 is 45.1 Å². The Labute approximate surface area is 202 Å². The summed E-state index contributed by atoms with van der Waals surface area (Å²) in [4.78, 5) is 15.9. The summed E-state index contributed by atoms with van der Waals surface area (Å²) in [7, 11) is 0. The highest BCUT2D eigenvalue weighted by Gasteiger charge is 3.10. The molecular weight excluding hydrogens is 458 g/mol. The first-order valence-corrected chi connectivity index (χ1v) is 12.0. The zero-order chi connectivity index (χ0) is 25.8. The number of ether oxygens (including phenoxy) is 2. The van der Waals surface area contributed by atoms with E-state index in [0.717, 1.165) is 0 Å². The molecule has 7 N–H and O–H groups in total. The molecule has 5 fully saturated rings. The molecule has 2 saturated heterocycles. The molecule has 6 bridgehead atoms. The molecule has 10 heteroatoms. The maximum Gasteiger partial charge on any atom is 0.355 e. The lowest BCUT2D eigenvalue weighted by Gasteiger charge is -2.59. The smallest absolute Gasteiger partial charge is 0.355 e. The van der Waals surface area contributed by atoms with Crippen LogP contribution in [0, 0.1) is 16.7 Å². The molecule has 35 heavy (non-hydrogen) atoms. The molecule has 1 spiro atoms. The summed E-state index contributed by atoms with van der Waals surface area (Å²) >= 11 is 0. The van der Waals surface area contributed by atoms with Gasteiger partial charge in [0.25, 0.3) is 0 Å². The van der Waals surface area contributed by atoms with Crippen molar-refractivity contribution in [2.75, 3.05) is 0 Å². The van der Waals surface area contributed by atoms with Crippen LogP contribution < -0.4 is 0 Å². The molecule has 2 aliphatic heterocycles. The molecule has 3 heterocycles. The third-order valence-electron chi connectivity index (χ3n) is 10.9. The van der Waals surface area contributed by atoms with Crippen molar-refractivity contribution in [1.82, 2.24) is 4.98 Å². The Morgan fingerprint density at radius 2 is 1.86 bits per heavy atom. The second-order valence-electron chi connectivity index (χ2n) is 12.0. The molecule has 4 aliphatic carbocycles. The van der Waals surface area contributed by atoms with Gasteiger partial charge in [0, 0.05) is 18.0 Å². The van der Waals surface area contributed by atoms with Crippen LogP contribution >= 0.6 is 0 Å². The van der Waals surface area contributed by atoms with Crippen LogP contribution in [-0.4, -0.2) is 87.6 Å². The number of hydrogen-bond donors (Lipinski definition) is 7. The van der Waals surface area contributed by atoms with E-state index in [1.54, 1.807) is 32.9 Å². The van der Waals surface area contributed by atoms with Crippen molar-refractivity contribution >= 4 is 5.97 Å². The summed E-state index contributed by atoms with van der Waals surface area (Å²) < 4.78 is 12.0. The number of H-pyrrole nitrogens is 1. The summed E-state index contributed by atoms with van der Waals surface area (Å²) in [5.74, 6) is -3.94. The van der Waals surface area contributed by atoms with Gasteiger partial charge in [-0.1, -0.05) is 26.8 Å². The molecule has 0 aromatic carbocycles. The second-order valence-corrected chi connectivity index (χ2v) is 12.0. The number of aromatic amines is 1. The van der Waals surface area contributed by atoms with E-state index in [1.165, 1.54) is 26.1 Å². The Bertz CT molecular complexity index is 1180. The number of aliphatic hydroxyl groups is 6. The van der Waals surface area contributed by atoms with Crippen LogP contribution in [0.25, 0.3) is 0 Å². The largest absolute Gasteiger partial charge is 0.451 e. The van der Waals surface area contributed by atoms with Crippen LogP contribution in [0.15, 0.2) is 30.0 Å². The van der Waals surface area contributed by atoms with E-state index >= 15 is 0 Å². The molecule has 3 saturated carbocycles. The van der Waals surface area contributed by atoms with Gasteiger partial charge in [-0.25, -0.2) is 4.79 Å². The number of hydrogen-bond acceptors (Lipinski definition) is 9. The average Bonchev–Trinajstić information content (AvgIpc) is 3.41. The van der Waals surface area contributed by atoms with E-state index in [1.807, 2.05) is 0 Å². The monoisotopic (exact) mass is 491 g/mol. The summed E-state index contributed by atoms with van der Waals surface area (Å²) in [5, 5.41) is 73.7. The van der Waals surface area contributed by atoms with Crippen molar-refractivity contribution in [2.45, 2.75) is 93.5 Å². The summed E-state index contributed by atoms with van der Waals surface area (Å²) in [5.41, 5.74) is -15.2. The normalized spacial score (nSPS) is 57.5. The molecule has 192 valence electrons. The fourth-order valence-corrected chi connectivity index (χ4v) is 9.18. The van der Waals surface area contributed by atoms with Crippen molar-refractivity contribution < 1.29 is 44.9 Å². The van der Waals surface area contributed by atoms with E-state index in [9.17, 15) is 35.4 Å². The molecule has 10 atom stereocenters. The van der Waals surface area contributed by atoms with E-state index in [4.69, 9.17) is 9.47 Å². The molecule has 10 nitrogen and oxygen atoms in total. The van der Waals surface area contributed by atoms with Crippen molar-refractivity contribution in [3.05, 3.63) is 35.7 Å². The van der Waals surface area contributed by atoms with Crippen molar-refractivity contribution in [2.24, 2.45) is 16.7 Å². The Morgan fingerprint density at radius 1 is 1.20 bits per heavy atom. The van der Waals surface area contributed by atoms with Gasteiger partial charge in [-0.05, 0) is 43.9 Å². The Hall–Kier alpha value is -1.79. The minimum Gasteiger partial charge on any atom is -0.451 e. The first-order valence-electron chi connectivity index (χ1n) is 12.0. The minimum absolute atomic E-state index is 0.0581. The second kappa shape index (κ2) is 5.85. The highest BCUT2D eigenvalue weighted by atomic mass is 16.7. The van der Waals surface area contributed by atoms with E-state index < -0.39 is 68.7 Å². The maximum atomic E-state index is 13.2. The predicted octanol–water partition coefficient (Wildman–Crippen LogP) is -0.268. The number of aliphatic hydroxyl groups excluding tert-OH is 1. The quantitative estimate of drug-likeness (QED) is 0.222. The van der Waals surface area contributed by atoms with Gasteiger partial charge in [-0.3, -0.25) is 0 Å². The van der Waals surface area contributed by atoms with Crippen LogP contribution in [0.2, 0.25) is 0 Å². The average molecular weight is 492 g/mol. The van der Waals surface area contributed by atoms with Crippen LogP contribution in [-0.2, 0) is 9.47 Å². The number of nitrogens with one attached hydrogen (secondary N) is 1. The van der Waals surface area contributed by atoms with Gasteiger partial charge in [0.15, 0.2) is 17.5 Å². The first-order chi connectivity index (χ1) is 16.0. The fourth-order valence-electron chi connectivity index (χ4n) is 9.18. The minimum atomic E-state index is -2.63. The Kier molecular flexibility index (Phi) is 3.95. The Morgan fingerprint density at radius 3 is 2.43 bits per heavy atom. The van der Waals surface area contributed by atoms with Crippen LogP contribution in [0.5, 0.6) is 0 Å². The van der Waals surface area contributed by atoms with E-state index in [-0.39, 0.29) is 18.5 Å². The van der Waals surface area contributed by atoms with Crippen LogP contribution in [0.4, 0.5) is 0 Å². The highest BCUT2D eigenvalue weighted by Crippen LogP contribution is 2.90. The van der Waals surface area contributed by atoms with Crippen LogP contribution in [0.3, 0.4) is 0 Å². The predicted molar refractivity (Wildman–Crippen MR) is 119 cm³/mol. The van der Waals surface area contributed by atoms with Gasteiger partial charge in [0.1, 0.15) is 34.2 Å². The van der Waals surface area contributed by atoms with Gasteiger partial charge in [0.2, 0.25) is 0 Å². The molecule has 6 aliphatic rings. The molecule has 0 radical (unpaired) electrons. The third-order valence-corrected chi connectivity index (χ3v) is 10.9. The molecule has 1 aromatic rings. The number of aromatic nitrogens is 1. The molecule has 0 unspecified atom stereocenters. The summed E-state index contributed by atoms with van der Waals surface area (Å²) in [6, 6.07) is 3.05. The number of carbonyl (C=O) groups excluding carboxylic acids is 1. The summed E-state index contributed by atoms with van der Waals surface area (Å²) in [6.45, 7) is 7.70. The zero-order valence-corrected chi connectivity index (χ0v) is 20.4. The van der Waals surface area contributed by atoms with Gasteiger partial charge in [-0.15, -0.1) is 0 Å². The fraction of sp³-hybridized carbons (Fsp3) is 0.720. The molecular formula is C25H33NO9. The topological polar surface area (TPSA) is 173 Å². The Balaban J connectivity index is 1.70. The summed E-state index contributed by atoms with van der Waals surface area (Å²) in [6.07, 6.45) is -0.760. The SMILES string of the molecule is CC1=CC[C@]2(O)[C@]3(C)C[C@]4(O)O[C@@]2([C@H]1O)[C@]1(O)[C@@]3(O)[C@H](OC(=O)c2ccc[nH]2)[C@](O)(C(C)C)[C@@]14C. The van der Waals surface area contributed by atoms with Gasteiger partial charge in [0.05, 0.1) is 5.41 Å². The van der Waals surface area contributed by atoms with Gasteiger partial charge in [-0.2, -0.15) is 0 Å². The molecule has 0 amide bonds. The van der Waals surface area contributed by atoms with Gasteiger partial charge >= 0.3 is 5.97 Å². The van der Waals surface area contributed by atoms with E-state index in [0.29, 0.717) is 5.57 Å². The molecule has 1 aromatic heterocycles. The number of carbonyl (C=O) groups is 1. The van der Waals surface area contributed by atoms with Crippen molar-refractivity contribution in [3.63, 3.8) is 0 Å². The lowest BCUT2D eigenvalue weighted by atomic mass is 9.52. The van der Waals surface area contributed by atoms with Crippen molar-refractivity contribution in [1.29, 1.82) is 0 Å².